The topological polar surface area (TPSA) is 29.5 Å². The third-order valence-electron chi connectivity index (χ3n) is 4.82. The van der Waals surface area contributed by atoms with Gasteiger partial charge in [0.15, 0.2) is 11.6 Å². The molecule has 0 aromatic heterocycles. The Labute approximate surface area is 127 Å². The van der Waals surface area contributed by atoms with Crippen LogP contribution < -0.4 is 4.74 Å². The summed E-state index contributed by atoms with van der Waals surface area (Å²) in [4.78, 5) is 0. The highest BCUT2D eigenvalue weighted by molar-refractivity contribution is 5.31. The highest BCUT2D eigenvalue weighted by atomic mass is 19.1. The Hall–Kier alpha value is -1.09. The molecule has 0 radical (unpaired) electrons. The second kappa shape index (κ2) is 7.79. The first-order valence-electron chi connectivity index (χ1n) is 8.15. The van der Waals surface area contributed by atoms with E-state index in [1.165, 1.54) is 32.8 Å². The van der Waals surface area contributed by atoms with E-state index in [1.54, 1.807) is 18.2 Å². The zero-order valence-corrected chi connectivity index (χ0v) is 13.1. The number of rotatable bonds is 6. The lowest BCUT2D eigenvalue weighted by Crippen LogP contribution is -2.27. The first-order chi connectivity index (χ1) is 10.2. The summed E-state index contributed by atoms with van der Waals surface area (Å²) in [6.07, 6.45) is 7.02. The van der Waals surface area contributed by atoms with Crippen LogP contribution in [0.25, 0.3) is 0 Å². The maximum Gasteiger partial charge on any atom is 0.168 e. The van der Waals surface area contributed by atoms with E-state index in [9.17, 15) is 9.50 Å². The van der Waals surface area contributed by atoms with Gasteiger partial charge in [0.1, 0.15) is 0 Å². The van der Waals surface area contributed by atoms with Crippen LogP contribution in [-0.4, -0.2) is 18.3 Å². The van der Waals surface area contributed by atoms with Crippen LogP contribution in [0.3, 0.4) is 0 Å². The van der Waals surface area contributed by atoms with Crippen molar-refractivity contribution in [3.8, 4) is 5.75 Å². The maximum atomic E-state index is 14.1. The fraction of sp³-hybridized carbons (Fsp3) is 0.667. The van der Waals surface area contributed by atoms with Crippen molar-refractivity contribution in [2.45, 2.75) is 58.0 Å². The molecule has 0 saturated heterocycles. The molecule has 1 unspecified atom stereocenters. The van der Waals surface area contributed by atoms with Gasteiger partial charge in [-0.3, -0.25) is 0 Å². The summed E-state index contributed by atoms with van der Waals surface area (Å²) in [6.45, 7) is 2.23. The molecular formula is C18H27FO2. The monoisotopic (exact) mass is 294 g/mol. The van der Waals surface area contributed by atoms with E-state index in [-0.39, 0.29) is 11.6 Å². The number of aliphatic hydroxyl groups excluding tert-OH is 1. The van der Waals surface area contributed by atoms with Crippen molar-refractivity contribution in [1.82, 2.24) is 0 Å². The van der Waals surface area contributed by atoms with E-state index < -0.39 is 6.10 Å². The molecule has 1 fully saturated rings. The summed E-state index contributed by atoms with van der Waals surface area (Å²) in [5, 5.41) is 10.4. The van der Waals surface area contributed by atoms with Gasteiger partial charge in [0.05, 0.1) is 13.2 Å². The SMILES string of the molecule is CCCC1CCC(C(O)Cc2cccc(OC)c2F)CC1. The molecule has 0 amide bonds. The van der Waals surface area contributed by atoms with Gasteiger partial charge in [-0.25, -0.2) is 4.39 Å². The van der Waals surface area contributed by atoms with Gasteiger partial charge in [-0.1, -0.05) is 44.7 Å². The van der Waals surface area contributed by atoms with E-state index in [0.29, 0.717) is 17.9 Å². The van der Waals surface area contributed by atoms with E-state index in [4.69, 9.17) is 4.74 Å². The Morgan fingerprint density at radius 2 is 2.00 bits per heavy atom. The minimum absolute atomic E-state index is 0.256. The summed E-state index contributed by atoms with van der Waals surface area (Å²) in [5.41, 5.74) is 0.553. The quantitative estimate of drug-likeness (QED) is 0.845. The van der Waals surface area contributed by atoms with Crippen molar-refractivity contribution in [1.29, 1.82) is 0 Å². The van der Waals surface area contributed by atoms with Gasteiger partial charge in [0.2, 0.25) is 0 Å². The highest BCUT2D eigenvalue weighted by Crippen LogP contribution is 2.34. The zero-order valence-electron chi connectivity index (χ0n) is 13.1. The predicted molar refractivity (Wildman–Crippen MR) is 83.0 cm³/mol. The number of aliphatic hydroxyl groups is 1. The van der Waals surface area contributed by atoms with Crippen LogP contribution in [0, 0.1) is 17.7 Å². The molecule has 118 valence electrons. The summed E-state index contributed by atoms with van der Waals surface area (Å²) in [5.74, 6) is 1.06. The second-order valence-electron chi connectivity index (χ2n) is 6.27. The average molecular weight is 294 g/mol. The van der Waals surface area contributed by atoms with Gasteiger partial charge < -0.3 is 9.84 Å². The average Bonchev–Trinajstić information content (AvgIpc) is 2.50. The Bertz CT molecular complexity index is 439. The Balaban J connectivity index is 1.92. The molecule has 1 N–H and O–H groups in total. The number of methoxy groups -OCH3 is 1. The predicted octanol–water partition coefficient (Wildman–Crippen LogP) is 4.34. The lowest BCUT2D eigenvalue weighted by atomic mass is 9.77. The van der Waals surface area contributed by atoms with Gasteiger partial charge in [0, 0.05) is 6.42 Å². The van der Waals surface area contributed by atoms with Crippen LogP contribution in [-0.2, 0) is 6.42 Å². The first-order valence-corrected chi connectivity index (χ1v) is 8.15. The zero-order chi connectivity index (χ0) is 15.2. The van der Waals surface area contributed by atoms with Gasteiger partial charge in [-0.05, 0) is 36.3 Å². The van der Waals surface area contributed by atoms with Gasteiger partial charge in [-0.15, -0.1) is 0 Å². The molecule has 1 saturated carbocycles. The first kappa shape index (κ1) is 16.3. The van der Waals surface area contributed by atoms with Crippen LogP contribution in [0.4, 0.5) is 4.39 Å². The molecule has 2 nitrogen and oxygen atoms in total. The van der Waals surface area contributed by atoms with Crippen molar-refractivity contribution < 1.29 is 14.2 Å². The van der Waals surface area contributed by atoms with E-state index >= 15 is 0 Å². The molecular weight excluding hydrogens is 267 g/mol. The maximum absolute atomic E-state index is 14.1. The van der Waals surface area contributed by atoms with Crippen LogP contribution in [0.15, 0.2) is 18.2 Å². The Morgan fingerprint density at radius 1 is 1.29 bits per heavy atom. The summed E-state index contributed by atoms with van der Waals surface area (Å²) >= 11 is 0. The van der Waals surface area contributed by atoms with E-state index in [1.807, 2.05) is 0 Å². The molecule has 1 aliphatic carbocycles. The number of hydrogen-bond acceptors (Lipinski definition) is 2. The fourth-order valence-electron chi connectivity index (χ4n) is 3.53. The molecule has 0 bridgehead atoms. The van der Waals surface area contributed by atoms with Gasteiger partial charge in [-0.2, -0.15) is 0 Å². The number of ether oxygens (including phenoxy) is 1. The molecule has 0 spiro atoms. The van der Waals surface area contributed by atoms with E-state index in [0.717, 1.165) is 18.8 Å². The lowest BCUT2D eigenvalue weighted by Gasteiger charge is -2.31. The molecule has 21 heavy (non-hydrogen) atoms. The lowest BCUT2D eigenvalue weighted by molar-refractivity contribution is 0.0720. The summed E-state index contributed by atoms with van der Waals surface area (Å²) in [7, 11) is 1.47. The minimum Gasteiger partial charge on any atom is -0.494 e. The number of halogens is 1. The van der Waals surface area contributed by atoms with Crippen molar-refractivity contribution in [2.24, 2.45) is 11.8 Å². The molecule has 3 heteroatoms. The molecule has 0 aliphatic heterocycles. The van der Waals surface area contributed by atoms with Crippen LogP contribution >= 0.6 is 0 Å². The minimum atomic E-state index is -0.450. The molecule has 1 atom stereocenters. The van der Waals surface area contributed by atoms with E-state index in [2.05, 4.69) is 6.92 Å². The standard InChI is InChI=1S/C18H27FO2/c1-3-5-13-8-10-14(11-9-13)16(20)12-15-6-4-7-17(21-2)18(15)19/h4,6-7,13-14,16,20H,3,5,8-12H2,1-2H3. The largest absolute Gasteiger partial charge is 0.494 e. The van der Waals surface area contributed by atoms with Crippen molar-refractivity contribution in [3.63, 3.8) is 0 Å². The van der Waals surface area contributed by atoms with Crippen LogP contribution in [0.1, 0.15) is 51.0 Å². The smallest absolute Gasteiger partial charge is 0.168 e. The Morgan fingerprint density at radius 3 is 2.62 bits per heavy atom. The normalized spacial score (nSPS) is 23.8. The van der Waals surface area contributed by atoms with Gasteiger partial charge >= 0.3 is 0 Å². The summed E-state index contributed by atoms with van der Waals surface area (Å²) in [6, 6.07) is 5.13. The van der Waals surface area contributed by atoms with Crippen LogP contribution in [0.5, 0.6) is 5.75 Å². The summed E-state index contributed by atoms with van der Waals surface area (Å²) < 4.78 is 19.1. The third-order valence-corrected chi connectivity index (χ3v) is 4.82. The molecule has 1 aromatic rings. The van der Waals surface area contributed by atoms with Gasteiger partial charge in [0.25, 0.3) is 0 Å². The third kappa shape index (κ3) is 4.19. The molecule has 0 heterocycles. The van der Waals surface area contributed by atoms with Crippen molar-refractivity contribution in [2.75, 3.05) is 7.11 Å². The highest BCUT2D eigenvalue weighted by Gasteiger charge is 2.27. The van der Waals surface area contributed by atoms with Crippen molar-refractivity contribution >= 4 is 0 Å². The molecule has 1 aliphatic rings. The Kier molecular flexibility index (Phi) is 6.04. The second-order valence-corrected chi connectivity index (χ2v) is 6.27. The fourth-order valence-corrected chi connectivity index (χ4v) is 3.53. The number of hydrogen-bond donors (Lipinski definition) is 1. The van der Waals surface area contributed by atoms with Crippen LogP contribution in [0.2, 0.25) is 0 Å². The molecule has 1 aromatic carbocycles. The molecule has 2 rings (SSSR count). The number of benzene rings is 1. The van der Waals surface area contributed by atoms with Crippen molar-refractivity contribution in [3.05, 3.63) is 29.6 Å².